The van der Waals surface area contributed by atoms with Gasteiger partial charge in [0.25, 0.3) is 0 Å². The number of carbonyl (C=O) groups excluding carboxylic acids is 2. The number of hydrogen-bond donors (Lipinski definition) is 0. The number of ether oxygens (including phenoxy) is 3. The van der Waals surface area contributed by atoms with Gasteiger partial charge in [0.15, 0.2) is 11.5 Å². The van der Waals surface area contributed by atoms with Gasteiger partial charge in [0, 0.05) is 51.6 Å². The molecule has 2 amide bonds. The summed E-state index contributed by atoms with van der Waals surface area (Å²) in [6, 6.07) is 10.1. The maximum atomic E-state index is 13.0. The Morgan fingerprint density at radius 3 is 2.13 bits per heavy atom. The van der Waals surface area contributed by atoms with Crippen LogP contribution in [0.3, 0.4) is 0 Å². The second-order valence-electron chi connectivity index (χ2n) is 10.7. The van der Waals surface area contributed by atoms with Crippen LogP contribution in [-0.2, 0) is 24.1 Å². The largest absolute Gasteiger partial charge is 0.493 e. The molecule has 8 nitrogen and oxygen atoms in total. The highest BCUT2D eigenvalue weighted by Crippen LogP contribution is 2.38. The van der Waals surface area contributed by atoms with Crippen molar-refractivity contribution in [2.24, 2.45) is 0 Å². The van der Waals surface area contributed by atoms with Gasteiger partial charge in [-0.1, -0.05) is 6.07 Å². The first-order chi connectivity index (χ1) is 18.4. The van der Waals surface area contributed by atoms with Gasteiger partial charge in [-0.05, 0) is 85.7 Å². The molecule has 0 spiro atoms. The third-order valence-corrected chi connectivity index (χ3v) is 8.19. The topological polar surface area (TPSA) is 71.5 Å². The molecular formula is C30H40ClN3O5. The number of fused-ring (bicyclic) bond motifs is 2. The molecule has 3 aliphatic rings. The van der Waals surface area contributed by atoms with E-state index in [1.54, 1.807) is 19.1 Å². The number of hydrogen-bond acceptors (Lipinski definition) is 6. The molecule has 0 N–H and O–H groups in total. The lowest BCUT2D eigenvalue weighted by Crippen LogP contribution is -2.37. The zero-order chi connectivity index (χ0) is 26.6. The van der Waals surface area contributed by atoms with Crippen molar-refractivity contribution in [3.63, 3.8) is 0 Å². The quantitative estimate of drug-likeness (QED) is 0.482. The third kappa shape index (κ3) is 6.61. The van der Waals surface area contributed by atoms with Crippen LogP contribution in [0.4, 0.5) is 4.79 Å². The number of likely N-dealkylation sites (N-methyl/N-ethyl adjacent to an activating group) is 1. The third-order valence-electron chi connectivity index (χ3n) is 8.19. The zero-order valence-electron chi connectivity index (χ0n) is 23.2. The first-order valence-corrected chi connectivity index (χ1v) is 13.7. The molecule has 212 valence electrons. The number of halogens is 1. The summed E-state index contributed by atoms with van der Waals surface area (Å²) in [7, 11) is 5.40. The minimum absolute atomic E-state index is 0. The van der Waals surface area contributed by atoms with Gasteiger partial charge in [0.05, 0.1) is 14.2 Å². The van der Waals surface area contributed by atoms with Crippen molar-refractivity contribution in [3.8, 4) is 17.2 Å². The normalized spacial score (nSPS) is 17.9. The Balaban J connectivity index is 0.00000353. The highest BCUT2D eigenvalue weighted by atomic mass is 35.5. The summed E-state index contributed by atoms with van der Waals surface area (Å²) >= 11 is 0. The zero-order valence-corrected chi connectivity index (χ0v) is 24.1. The lowest BCUT2D eigenvalue weighted by atomic mass is 9.77. The van der Waals surface area contributed by atoms with Crippen LogP contribution >= 0.6 is 12.4 Å². The molecule has 2 heterocycles. The van der Waals surface area contributed by atoms with Gasteiger partial charge >= 0.3 is 6.09 Å². The first kappa shape index (κ1) is 29.0. The van der Waals surface area contributed by atoms with E-state index in [1.807, 2.05) is 29.2 Å². The Morgan fingerprint density at radius 2 is 1.54 bits per heavy atom. The molecule has 0 saturated carbocycles. The molecule has 39 heavy (non-hydrogen) atoms. The number of nitrogens with zero attached hydrogens (tertiary/aromatic N) is 3. The fourth-order valence-electron chi connectivity index (χ4n) is 5.91. The molecule has 0 radical (unpaired) electrons. The highest BCUT2D eigenvalue weighted by Gasteiger charge is 2.29. The summed E-state index contributed by atoms with van der Waals surface area (Å²) < 4.78 is 16.5. The van der Waals surface area contributed by atoms with Crippen LogP contribution in [0.5, 0.6) is 17.2 Å². The van der Waals surface area contributed by atoms with Gasteiger partial charge in [0.2, 0.25) is 5.91 Å². The van der Waals surface area contributed by atoms with Gasteiger partial charge < -0.3 is 28.9 Å². The second-order valence-corrected chi connectivity index (χ2v) is 10.7. The minimum Gasteiger partial charge on any atom is -0.493 e. The smallest absolute Gasteiger partial charge is 0.415 e. The van der Waals surface area contributed by atoms with Gasteiger partial charge in [-0.2, -0.15) is 0 Å². The van der Waals surface area contributed by atoms with Crippen molar-refractivity contribution >= 4 is 24.4 Å². The molecule has 0 aromatic heterocycles. The van der Waals surface area contributed by atoms with Crippen LogP contribution < -0.4 is 14.2 Å². The average Bonchev–Trinajstić information content (AvgIpc) is 3.38. The van der Waals surface area contributed by atoms with Crippen LogP contribution in [0, 0.1) is 0 Å². The molecular weight excluding hydrogens is 518 g/mol. The summed E-state index contributed by atoms with van der Waals surface area (Å²) in [5.41, 5.74) is 5.03. The van der Waals surface area contributed by atoms with E-state index in [2.05, 4.69) is 18.0 Å². The van der Waals surface area contributed by atoms with E-state index >= 15 is 0 Å². The molecule has 1 unspecified atom stereocenters. The van der Waals surface area contributed by atoms with Crippen LogP contribution in [-0.4, -0.2) is 87.2 Å². The summed E-state index contributed by atoms with van der Waals surface area (Å²) in [6.45, 7) is 4.68. The second kappa shape index (κ2) is 12.9. The van der Waals surface area contributed by atoms with Crippen molar-refractivity contribution in [2.45, 2.75) is 44.4 Å². The van der Waals surface area contributed by atoms with Gasteiger partial charge in [-0.15, -0.1) is 12.4 Å². The van der Waals surface area contributed by atoms with Crippen LogP contribution in [0.15, 0.2) is 30.3 Å². The highest BCUT2D eigenvalue weighted by molar-refractivity contribution is 5.85. The number of rotatable bonds is 8. The Morgan fingerprint density at radius 1 is 0.897 bits per heavy atom. The molecule has 1 aliphatic carbocycles. The Hall–Kier alpha value is -2.97. The molecule has 0 bridgehead atoms. The van der Waals surface area contributed by atoms with E-state index < -0.39 is 0 Å². The van der Waals surface area contributed by atoms with E-state index in [0.717, 1.165) is 82.9 Å². The monoisotopic (exact) mass is 557 g/mol. The summed E-state index contributed by atoms with van der Waals surface area (Å²) in [6.07, 6.45) is 5.01. The number of carbonyl (C=O) groups is 2. The summed E-state index contributed by atoms with van der Waals surface area (Å²) in [4.78, 5) is 31.3. The van der Waals surface area contributed by atoms with E-state index in [1.165, 1.54) is 22.3 Å². The fourth-order valence-corrected chi connectivity index (χ4v) is 5.91. The van der Waals surface area contributed by atoms with Crippen molar-refractivity contribution in [3.05, 3.63) is 52.6 Å². The number of likely N-dealkylation sites (tertiary alicyclic amines) is 1. The molecule has 5 rings (SSSR count). The molecule has 2 aromatic rings. The SMILES string of the molecule is COc1cc2c(cc1OC)CCN(C(=O)CCN(C)CC1Cc3cc(OC(=O)N4CCCC4)ccc31)CC2.Cl. The standard InChI is InChI=1S/C30H39N3O5.ClH/c1-31(20-24-16-23-17-25(6-7-26(23)24)38-30(35)33-11-4-5-12-33)13-10-29(34)32-14-8-21-18-27(36-2)28(37-3)19-22(21)9-15-32;/h6-7,17-19,24H,4-5,8-16,20H2,1-3H3;1H. The predicted molar refractivity (Wildman–Crippen MR) is 153 cm³/mol. The van der Waals surface area contributed by atoms with Crippen LogP contribution in [0.25, 0.3) is 0 Å². The molecule has 1 fully saturated rings. The minimum atomic E-state index is -0.240. The fraction of sp³-hybridized carbons (Fsp3) is 0.533. The van der Waals surface area contributed by atoms with E-state index in [-0.39, 0.29) is 24.4 Å². The lowest BCUT2D eigenvalue weighted by molar-refractivity contribution is -0.131. The van der Waals surface area contributed by atoms with Gasteiger partial charge in [-0.3, -0.25) is 4.79 Å². The Bertz CT molecular complexity index is 1150. The summed E-state index contributed by atoms with van der Waals surface area (Å²) in [5.74, 6) is 2.77. The van der Waals surface area contributed by atoms with Crippen molar-refractivity contribution < 1.29 is 23.8 Å². The molecule has 2 aliphatic heterocycles. The maximum absolute atomic E-state index is 13.0. The van der Waals surface area contributed by atoms with E-state index in [9.17, 15) is 9.59 Å². The van der Waals surface area contributed by atoms with Crippen LogP contribution in [0.1, 0.15) is 47.4 Å². The van der Waals surface area contributed by atoms with Crippen molar-refractivity contribution in [1.82, 2.24) is 14.7 Å². The molecule has 9 heteroatoms. The Labute approximate surface area is 237 Å². The summed E-state index contributed by atoms with van der Waals surface area (Å²) in [5, 5.41) is 0. The molecule has 1 saturated heterocycles. The van der Waals surface area contributed by atoms with Crippen LogP contribution in [0.2, 0.25) is 0 Å². The number of methoxy groups -OCH3 is 2. The predicted octanol–water partition coefficient (Wildman–Crippen LogP) is 4.31. The van der Waals surface area contributed by atoms with E-state index in [4.69, 9.17) is 14.2 Å². The Kier molecular flexibility index (Phi) is 9.62. The number of benzene rings is 2. The first-order valence-electron chi connectivity index (χ1n) is 13.7. The number of amides is 2. The van der Waals surface area contributed by atoms with Gasteiger partial charge in [-0.25, -0.2) is 4.79 Å². The molecule has 2 aromatic carbocycles. The molecule has 1 atom stereocenters. The van der Waals surface area contributed by atoms with E-state index in [0.29, 0.717) is 18.1 Å². The van der Waals surface area contributed by atoms with Gasteiger partial charge in [0.1, 0.15) is 5.75 Å². The maximum Gasteiger partial charge on any atom is 0.415 e. The van der Waals surface area contributed by atoms with Crippen molar-refractivity contribution in [2.75, 3.05) is 60.5 Å². The average molecular weight is 558 g/mol. The van der Waals surface area contributed by atoms with Crippen molar-refractivity contribution in [1.29, 1.82) is 0 Å². The lowest BCUT2D eigenvalue weighted by Gasteiger charge is -2.34.